The number of fused-ring (bicyclic) bond motifs is 3. The van der Waals surface area contributed by atoms with E-state index in [1.165, 1.54) is 11.6 Å². The number of aromatic nitrogens is 2. The van der Waals surface area contributed by atoms with Gasteiger partial charge in [-0.2, -0.15) is 0 Å². The molecular weight excluding hydrogens is 379 g/mol. The van der Waals surface area contributed by atoms with Crippen LogP contribution in [-0.4, -0.2) is 26.9 Å². The molecule has 4 nitrogen and oxygen atoms in total. The topological polar surface area (TPSA) is 47.3 Å². The molecule has 1 fully saturated rings. The highest BCUT2D eigenvalue weighted by Gasteiger charge is 2.35. The van der Waals surface area contributed by atoms with Crippen molar-refractivity contribution in [1.29, 1.82) is 0 Å². The Hall–Kier alpha value is -2.50. The molecule has 3 aromatic rings. The van der Waals surface area contributed by atoms with Gasteiger partial charge < -0.3 is 14.4 Å². The molecule has 2 atom stereocenters. The van der Waals surface area contributed by atoms with Gasteiger partial charge in [0.2, 0.25) is 0 Å². The Bertz CT molecular complexity index is 995. The number of aliphatic hydroxyl groups is 1. The SMILES string of the molecule is OC(CC1c2c(F)cccc2-c2cncn21)[C@H]1CC[C@@H](OCc2ccccc2)CC1. The molecule has 0 amide bonds. The molecular formula is C25H27FN2O2. The van der Waals surface area contributed by atoms with E-state index in [1.54, 1.807) is 18.6 Å². The van der Waals surface area contributed by atoms with E-state index in [4.69, 9.17) is 4.74 Å². The minimum Gasteiger partial charge on any atom is -0.393 e. The third-order valence-corrected chi connectivity index (χ3v) is 6.72. The van der Waals surface area contributed by atoms with Crippen molar-refractivity contribution in [3.63, 3.8) is 0 Å². The largest absolute Gasteiger partial charge is 0.393 e. The Labute approximate surface area is 176 Å². The molecule has 2 unspecified atom stereocenters. The highest BCUT2D eigenvalue weighted by molar-refractivity contribution is 5.69. The average Bonchev–Trinajstić information content (AvgIpc) is 3.37. The maximum absolute atomic E-state index is 14.6. The highest BCUT2D eigenvalue weighted by Crippen LogP contribution is 2.44. The Morgan fingerprint density at radius 1 is 1.07 bits per heavy atom. The van der Waals surface area contributed by atoms with E-state index in [-0.39, 0.29) is 23.9 Å². The van der Waals surface area contributed by atoms with Crippen LogP contribution in [0.4, 0.5) is 4.39 Å². The van der Waals surface area contributed by atoms with Crippen LogP contribution in [0.5, 0.6) is 0 Å². The van der Waals surface area contributed by atoms with Crippen LogP contribution >= 0.6 is 0 Å². The zero-order valence-electron chi connectivity index (χ0n) is 17.0. The quantitative estimate of drug-likeness (QED) is 0.618. The number of aliphatic hydroxyl groups excluding tert-OH is 1. The summed E-state index contributed by atoms with van der Waals surface area (Å²) in [5.74, 6) is 0.0239. The van der Waals surface area contributed by atoms with Crippen molar-refractivity contribution in [3.05, 3.63) is 78.0 Å². The minimum atomic E-state index is -0.467. The van der Waals surface area contributed by atoms with Crippen molar-refractivity contribution in [2.75, 3.05) is 0 Å². The summed E-state index contributed by atoms with van der Waals surface area (Å²) < 4.78 is 22.7. The number of benzene rings is 2. The predicted molar refractivity (Wildman–Crippen MR) is 113 cm³/mol. The third-order valence-electron chi connectivity index (χ3n) is 6.72. The minimum absolute atomic E-state index is 0.194. The number of halogens is 1. The molecule has 156 valence electrons. The van der Waals surface area contributed by atoms with Crippen LogP contribution in [-0.2, 0) is 11.3 Å². The van der Waals surface area contributed by atoms with Crippen molar-refractivity contribution >= 4 is 0 Å². The summed E-state index contributed by atoms with van der Waals surface area (Å²) in [7, 11) is 0. The second kappa shape index (κ2) is 8.32. The molecule has 5 heteroatoms. The molecule has 30 heavy (non-hydrogen) atoms. The maximum atomic E-state index is 14.6. The van der Waals surface area contributed by atoms with Crippen LogP contribution in [0.1, 0.15) is 49.3 Å². The molecule has 1 aliphatic heterocycles. The second-order valence-corrected chi connectivity index (χ2v) is 8.54. The fourth-order valence-corrected chi connectivity index (χ4v) is 5.08. The lowest BCUT2D eigenvalue weighted by atomic mass is 9.81. The zero-order valence-corrected chi connectivity index (χ0v) is 17.0. The van der Waals surface area contributed by atoms with Crippen molar-refractivity contribution in [1.82, 2.24) is 9.55 Å². The fraction of sp³-hybridized carbons (Fsp3) is 0.400. The smallest absolute Gasteiger partial charge is 0.129 e. The van der Waals surface area contributed by atoms with Crippen LogP contribution < -0.4 is 0 Å². The Morgan fingerprint density at radius 2 is 1.87 bits per heavy atom. The van der Waals surface area contributed by atoms with Gasteiger partial charge in [-0.1, -0.05) is 42.5 Å². The average molecular weight is 407 g/mol. The van der Waals surface area contributed by atoms with E-state index >= 15 is 0 Å². The van der Waals surface area contributed by atoms with Gasteiger partial charge in [0.1, 0.15) is 5.82 Å². The molecule has 1 aromatic heterocycles. The molecule has 5 rings (SSSR count). The van der Waals surface area contributed by atoms with Gasteiger partial charge in [0.25, 0.3) is 0 Å². The van der Waals surface area contributed by atoms with Gasteiger partial charge in [-0.3, -0.25) is 0 Å². The summed E-state index contributed by atoms with van der Waals surface area (Å²) in [6.07, 6.45) is 7.62. The third kappa shape index (κ3) is 3.68. The van der Waals surface area contributed by atoms with E-state index in [1.807, 2.05) is 28.8 Å². The van der Waals surface area contributed by atoms with Gasteiger partial charge in [0, 0.05) is 11.1 Å². The summed E-state index contributed by atoms with van der Waals surface area (Å²) >= 11 is 0. The van der Waals surface area contributed by atoms with Crippen LogP contribution in [0, 0.1) is 11.7 Å². The second-order valence-electron chi connectivity index (χ2n) is 8.54. The van der Waals surface area contributed by atoms with Crippen molar-refractivity contribution in [2.45, 2.75) is 57.0 Å². The molecule has 2 aromatic carbocycles. The molecule has 0 spiro atoms. The van der Waals surface area contributed by atoms with Crippen LogP contribution in [0.2, 0.25) is 0 Å². The molecule has 0 saturated heterocycles. The van der Waals surface area contributed by atoms with Crippen molar-refractivity contribution in [2.24, 2.45) is 5.92 Å². The van der Waals surface area contributed by atoms with Gasteiger partial charge in [-0.25, -0.2) is 9.37 Å². The Balaban J connectivity index is 1.20. The lowest BCUT2D eigenvalue weighted by molar-refractivity contribution is -0.0160. The van der Waals surface area contributed by atoms with Gasteiger partial charge in [0.15, 0.2) is 0 Å². The molecule has 2 aliphatic rings. The lowest BCUT2D eigenvalue weighted by Crippen LogP contribution is -2.30. The normalized spacial score (nSPS) is 23.7. The predicted octanol–water partition coefficient (Wildman–Crippen LogP) is 5.12. The number of ether oxygens (including phenoxy) is 1. The molecule has 0 radical (unpaired) electrons. The summed E-state index contributed by atoms with van der Waals surface area (Å²) in [6, 6.07) is 15.2. The first-order valence-corrected chi connectivity index (χ1v) is 10.8. The molecule has 1 aliphatic carbocycles. The van der Waals surface area contributed by atoms with Crippen molar-refractivity contribution in [3.8, 4) is 11.3 Å². The molecule has 1 saturated carbocycles. The maximum Gasteiger partial charge on any atom is 0.129 e. The van der Waals surface area contributed by atoms with Gasteiger partial charge >= 0.3 is 0 Å². The highest BCUT2D eigenvalue weighted by atomic mass is 19.1. The van der Waals surface area contributed by atoms with E-state index in [0.717, 1.165) is 36.9 Å². The van der Waals surface area contributed by atoms with Gasteiger partial charge in [-0.15, -0.1) is 0 Å². The van der Waals surface area contributed by atoms with Crippen LogP contribution in [0.15, 0.2) is 61.1 Å². The molecule has 1 N–H and O–H groups in total. The molecule has 2 heterocycles. The summed E-state index contributed by atoms with van der Waals surface area (Å²) in [4.78, 5) is 4.24. The van der Waals surface area contributed by atoms with Gasteiger partial charge in [-0.05, 0) is 49.7 Å². The number of nitrogens with zero attached hydrogens (tertiary/aromatic N) is 2. The van der Waals surface area contributed by atoms with E-state index in [0.29, 0.717) is 18.6 Å². The van der Waals surface area contributed by atoms with Crippen LogP contribution in [0.25, 0.3) is 11.3 Å². The first-order valence-electron chi connectivity index (χ1n) is 10.8. The number of hydrogen-bond donors (Lipinski definition) is 1. The van der Waals surface area contributed by atoms with Crippen molar-refractivity contribution < 1.29 is 14.2 Å². The summed E-state index contributed by atoms with van der Waals surface area (Å²) in [5.41, 5.74) is 3.70. The van der Waals surface area contributed by atoms with E-state index in [9.17, 15) is 9.50 Å². The lowest BCUT2D eigenvalue weighted by Gasteiger charge is -2.32. The zero-order chi connectivity index (χ0) is 20.5. The van der Waals surface area contributed by atoms with E-state index in [2.05, 4.69) is 17.1 Å². The summed E-state index contributed by atoms with van der Waals surface area (Å²) in [6.45, 7) is 0.639. The van der Waals surface area contributed by atoms with Gasteiger partial charge in [0.05, 0.1) is 43.1 Å². The van der Waals surface area contributed by atoms with E-state index < -0.39 is 6.10 Å². The number of hydrogen-bond acceptors (Lipinski definition) is 3. The monoisotopic (exact) mass is 406 g/mol. The number of imidazole rings is 1. The Morgan fingerprint density at radius 3 is 2.67 bits per heavy atom. The summed E-state index contributed by atoms with van der Waals surface area (Å²) in [5, 5.41) is 11.0. The number of rotatable bonds is 6. The fourth-order valence-electron chi connectivity index (χ4n) is 5.08. The van der Waals surface area contributed by atoms with Crippen LogP contribution in [0.3, 0.4) is 0 Å². The Kier molecular flexibility index (Phi) is 5.40. The standard InChI is InChI=1S/C25H27FN2O2/c26-21-8-4-7-20-23-14-27-16-28(23)22(25(20)21)13-24(29)18-9-11-19(12-10-18)30-15-17-5-2-1-3-6-17/h1-8,14,16,18-19,22,24,29H,9-13,15H2/t18-,19+,22?,24?. The first-order chi connectivity index (χ1) is 14.7. The first kappa shape index (κ1) is 19.5. The molecule has 0 bridgehead atoms.